The molecule has 0 N–H and O–H groups in total. The van der Waals surface area contributed by atoms with Crippen molar-refractivity contribution in [3.05, 3.63) is 28.8 Å². The average Bonchev–Trinajstić information content (AvgIpc) is 2.44. The molecule has 0 atom stereocenters. The Morgan fingerprint density at radius 3 is 2.55 bits per heavy atom. The van der Waals surface area contributed by atoms with Crippen molar-refractivity contribution >= 4 is 23.5 Å². The first-order chi connectivity index (χ1) is 9.47. The van der Waals surface area contributed by atoms with E-state index in [1.54, 1.807) is 26.3 Å². The van der Waals surface area contributed by atoms with Gasteiger partial charge in [-0.2, -0.15) is 0 Å². The van der Waals surface area contributed by atoms with Crippen LogP contribution in [0.5, 0.6) is 5.75 Å². The van der Waals surface area contributed by atoms with Crippen molar-refractivity contribution in [3.63, 3.8) is 0 Å². The second-order valence-electron chi connectivity index (χ2n) is 4.29. The summed E-state index contributed by atoms with van der Waals surface area (Å²) in [5.74, 6) is 0.0419. The van der Waals surface area contributed by atoms with Gasteiger partial charge in [-0.25, -0.2) is 0 Å². The van der Waals surface area contributed by atoms with Gasteiger partial charge in [-0.15, -0.1) is 0 Å². The summed E-state index contributed by atoms with van der Waals surface area (Å²) in [5, 5.41) is 0.514. The lowest BCUT2D eigenvalue weighted by Crippen LogP contribution is -2.32. The number of esters is 1. The molecule has 20 heavy (non-hydrogen) atoms. The number of rotatable bonds is 6. The molecule has 0 fully saturated rings. The van der Waals surface area contributed by atoms with Crippen LogP contribution in [0.3, 0.4) is 0 Å². The van der Waals surface area contributed by atoms with Crippen LogP contribution in [-0.4, -0.2) is 44.6 Å². The fourth-order valence-electron chi connectivity index (χ4n) is 1.65. The quantitative estimate of drug-likeness (QED) is 0.753. The SMILES string of the molecule is COC(=O)CN(C)C(=O)CCc1ccc(OC)c(Cl)c1. The van der Waals surface area contributed by atoms with E-state index in [0.29, 0.717) is 23.6 Å². The van der Waals surface area contributed by atoms with E-state index in [4.69, 9.17) is 16.3 Å². The van der Waals surface area contributed by atoms with Crippen LogP contribution in [0.1, 0.15) is 12.0 Å². The maximum absolute atomic E-state index is 11.8. The molecule has 0 heterocycles. The summed E-state index contributed by atoms with van der Waals surface area (Å²) in [7, 11) is 4.41. The molecule has 110 valence electrons. The average molecular weight is 300 g/mol. The second-order valence-corrected chi connectivity index (χ2v) is 4.70. The van der Waals surface area contributed by atoms with Crippen LogP contribution < -0.4 is 4.74 Å². The van der Waals surface area contributed by atoms with Crippen molar-refractivity contribution in [3.8, 4) is 5.75 Å². The highest BCUT2D eigenvalue weighted by Gasteiger charge is 2.13. The number of nitrogens with zero attached hydrogens (tertiary/aromatic N) is 1. The Kier molecular flexibility index (Phi) is 6.31. The number of hydrogen-bond donors (Lipinski definition) is 0. The number of likely N-dealkylation sites (N-methyl/N-ethyl adjacent to an activating group) is 1. The number of amides is 1. The number of benzene rings is 1. The fraction of sp³-hybridized carbons (Fsp3) is 0.429. The van der Waals surface area contributed by atoms with Crippen LogP contribution in [-0.2, 0) is 20.7 Å². The van der Waals surface area contributed by atoms with Gasteiger partial charge in [0.2, 0.25) is 5.91 Å². The first-order valence-corrected chi connectivity index (χ1v) is 6.49. The Labute approximate surface area is 123 Å². The van der Waals surface area contributed by atoms with Gasteiger partial charge < -0.3 is 14.4 Å². The molecular formula is C14H18ClNO4. The Morgan fingerprint density at radius 1 is 1.30 bits per heavy atom. The molecule has 0 aliphatic rings. The van der Waals surface area contributed by atoms with Crippen molar-refractivity contribution in [2.45, 2.75) is 12.8 Å². The second kappa shape index (κ2) is 7.75. The lowest BCUT2D eigenvalue weighted by Gasteiger charge is -2.15. The third-order valence-electron chi connectivity index (χ3n) is 2.86. The van der Waals surface area contributed by atoms with E-state index < -0.39 is 5.97 Å². The van der Waals surface area contributed by atoms with Crippen molar-refractivity contribution in [1.29, 1.82) is 0 Å². The molecule has 0 unspecified atom stereocenters. The van der Waals surface area contributed by atoms with Crippen LogP contribution in [0.2, 0.25) is 5.02 Å². The highest BCUT2D eigenvalue weighted by molar-refractivity contribution is 6.32. The van der Waals surface area contributed by atoms with Crippen LogP contribution in [0.4, 0.5) is 0 Å². The molecule has 5 nitrogen and oxygen atoms in total. The van der Waals surface area contributed by atoms with Gasteiger partial charge in [-0.1, -0.05) is 17.7 Å². The van der Waals surface area contributed by atoms with Gasteiger partial charge in [0.25, 0.3) is 0 Å². The van der Waals surface area contributed by atoms with Crippen LogP contribution in [0.15, 0.2) is 18.2 Å². The third-order valence-corrected chi connectivity index (χ3v) is 3.16. The third kappa shape index (κ3) is 4.74. The number of carbonyl (C=O) groups is 2. The highest BCUT2D eigenvalue weighted by atomic mass is 35.5. The zero-order valence-corrected chi connectivity index (χ0v) is 12.6. The van der Waals surface area contributed by atoms with E-state index in [-0.39, 0.29) is 12.5 Å². The van der Waals surface area contributed by atoms with E-state index in [1.165, 1.54) is 12.0 Å². The molecule has 1 aromatic rings. The molecule has 0 aliphatic carbocycles. The smallest absolute Gasteiger partial charge is 0.325 e. The van der Waals surface area contributed by atoms with Crippen LogP contribution in [0, 0.1) is 0 Å². The largest absolute Gasteiger partial charge is 0.495 e. The summed E-state index contributed by atoms with van der Waals surface area (Å²) in [4.78, 5) is 24.2. The molecule has 0 spiro atoms. The summed E-state index contributed by atoms with van der Waals surface area (Å²) < 4.78 is 9.57. The van der Waals surface area contributed by atoms with Crippen molar-refractivity contribution < 1.29 is 19.1 Å². The monoisotopic (exact) mass is 299 g/mol. The van der Waals surface area contributed by atoms with Gasteiger partial charge in [0.05, 0.1) is 19.2 Å². The predicted molar refractivity (Wildman–Crippen MR) is 76.0 cm³/mol. The molecule has 0 aromatic heterocycles. The Hall–Kier alpha value is -1.75. The van der Waals surface area contributed by atoms with Gasteiger partial charge in [0.1, 0.15) is 12.3 Å². The summed E-state index contributed by atoms with van der Waals surface area (Å²) in [6.45, 7) is -0.0430. The molecular weight excluding hydrogens is 282 g/mol. The van der Waals surface area contributed by atoms with Gasteiger partial charge in [-0.3, -0.25) is 9.59 Å². The van der Waals surface area contributed by atoms with Crippen LogP contribution >= 0.6 is 11.6 Å². The van der Waals surface area contributed by atoms with E-state index in [1.807, 2.05) is 6.07 Å². The zero-order chi connectivity index (χ0) is 15.1. The van der Waals surface area contributed by atoms with E-state index >= 15 is 0 Å². The Morgan fingerprint density at radius 2 is 2.00 bits per heavy atom. The van der Waals surface area contributed by atoms with Crippen LogP contribution in [0.25, 0.3) is 0 Å². The number of methoxy groups -OCH3 is 2. The number of halogens is 1. The maximum Gasteiger partial charge on any atom is 0.325 e. The molecule has 1 rings (SSSR count). The fourth-order valence-corrected chi connectivity index (χ4v) is 1.93. The highest BCUT2D eigenvalue weighted by Crippen LogP contribution is 2.25. The van der Waals surface area contributed by atoms with Gasteiger partial charge in [0, 0.05) is 13.5 Å². The molecule has 1 amide bonds. The topological polar surface area (TPSA) is 55.8 Å². The van der Waals surface area contributed by atoms with E-state index in [0.717, 1.165) is 5.56 Å². The first kappa shape index (κ1) is 16.3. The zero-order valence-electron chi connectivity index (χ0n) is 11.8. The lowest BCUT2D eigenvalue weighted by atomic mass is 10.1. The molecule has 0 saturated heterocycles. The molecule has 1 aromatic carbocycles. The van der Waals surface area contributed by atoms with E-state index in [2.05, 4.69) is 4.74 Å². The number of ether oxygens (including phenoxy) is 2. The minimum absolute atomic E-state index is 0.0430. The number of aryl methyl sites for hydroxylation is 1. The molecule has 6 heteroatoms. The Bertz CT molecular complexity index is 490. The predicted octanol–water partition coefficient (Wildman–Crippen LogP) is 1.91. The summed E-state index contributed by atoms with van der Waals surface area (Å²) in [6, 6.07) is 5.40. The summed E-state index contributed by atoms with van der Waals surface area (Å²) in [6.07, 6.45) is 0.851. The molecule has 0 aliphatic heterocycles. The summed E-state index contributed by atoms with van der Waals surface area (Å²) >= 11 is 6.01. The molecule has 0 radical (unpaired) electrons. The lowest BCUT2D eigenvalue weighted by molar-refractivity contribution is -0.146. The maximum atomic E-state index is 11.8. The Balaban J connectivity index is 2.52. The van der Waals surface area contributed by atoms with Crippen molar-refractivity contribution in [2.75, 3.05) is 27.8 Å². The normalized spacial score (nSPS) is 10.0. The van der Waals surface area contributed by atoms with Crippen molar-refractivity contribution in [2.24, 2.45) is 0 Å². The number of carbonyl (C=O) groups excluding carboxylic acids is 2. The van der Waals surface area contributed by atoms with E-state index in [9.17, 15) is 9.59 Å². The van der Waals surface area contributed by atoms with Gasteiger partial charge in [0.15, 0.2) is 0 Å². The minimum atomic E-state index is -0.437. The molecule has 0 bridgehead atoms. The van der Waals surface area contributed by atoms with Gasteiger partial charge >= 0.3 is 5.97 Å². The first-order valence-electron chi connectivity index (χ1n) is 6.11. The standard InChI is InChI=1S/C14H18ClNO4/c1-16(9-14(18)20-3)13(17)7-5-10-4-6-12(19-2)11(15)8-10/h4,6,8H,5,7,9H2,1-3H3. The minimum Gasteiger partial charge on any atom is -0.495 e. The van der Waals surface area contributed by atoms with Gasteiger partial charge in [-0.05, 0) is 24.1 Å². The number of hydrogen-bond acceptors (Lipinski definition) is 4. The van der Waals surface area contributed by atoms with Crippen molar-refractivity contribution in [1.82, 2.24) is 4.90 Å². The molecule has 0 saturated carbocycles. The summed E-state index contributed by atoms with van der Waals surface area (Å²) in [5.41, 5.74) is 0.940.